The molecule has 0 saturated heterocycles. The molecule has 0 radical (unpaired) electrons. The van der Waals surface area contributed by atoms with Crippen LogP contribution in [0.3, 0.4) is 0 Å². The van der Waals surface area contributed by atoms with Crippen LogP contribution in [-0.2, 0) is 0 Å². The number of nitrogens with two attached hydrogens (primary N) is 1. The molecule has 0 aromatic carbocycles. The lowest BCUT2D eigenvalue weighted by Crippen LogP contribution is -2.26. The molecule has 2 rings (SSSR count). The van der Waals surface area contributed by atoms with Crippen molar-refractivity contribution < 1.29 is 0 Å². The lowest BCUT2D eigenvalue weighted by molar-refractivity contribution is 0.437. The Morgan fingerprint density at radius 3 is 2.42 bits per heavy atom. The molecule has 1 aromatic rings. The molecule has 1 aliphatic rings. The van der Waals surface area contributed by atoms with Crippen molar-refractivity contribution in [1.82, 2.24) is 9.97 Å². The minimum absolute atomic E-state index is 0.412. The van der Waals surface area contributed by atoms with Crippen molar-refractivity contribution in [3.8, 4) is 0 Å². The van der Waals surface area contributed by atoms with Gasteiger partial charge in [0.25, 0.3) is 0 Å². The van der Waals surface area contributed by atoms with E-state index in [4.69, 9.17) is 5.73 Å². The summed E-state index contributed by atoms with van der Waals surface area (Å²) in [6.45, 7) is 8.70. The molecular weight excluding hydrogens is 236 g/mol. The lowest BCUT2D eigenvalue weighted by Gasteiger charge is -2.24. The lowest BCUT2D eigenvalue weighted by atomic mass is 9.95. The van der Waals surface area contributed by atoms with Crippen LogP contribution in [0.4, 0.5) is 11.6 Å². The SMILES string of the molecule is CCC(CC)C(C)Nc1nc(C2CC2)nc(N)c1C. The van der Waals surface area contributed by atoms with Crippen molar-refractivity contribution in [2.24, 2.45) is 5.92 Å². The predicted molar refractivity (Wildman–Crippen MR) is 80.3 cm³/mol. The zero-order chi connectivity index (χ0) is 14.0. The first-order valence-corrected chi connectivity index (χ1v) is 7.47. The van der Waals surface area contributed by atoms with Crippen LogP contribution in [0.25, 0.3) is 0 Å². The number of nitrogen functional groups attached to an aromatic ring is 1. The highest BCUT2D eigenvalue weighted by molar-refractivity contribution is 5.55. The molecule has 1 fully saturated rings. The summed E-state index contributed by atoms with van der Waals surface area (Å²) in [7, 11) is 0. The summed E-state index contributed by atoms with van der Waals surface area (Å²) in [4.78, 5) is 9.10. The third-order valence-corrected chi connectivity index (χ3v) is 4.26. The molecule has 106 valence electrons. The van der Waals surface area contributed by atoms with Gasteiger partial charge in [0.05, 0.1) is 0 Å². The van der Waals surface area contributed by atoms with E-state index in [9.17, 15) is 0 Å². The Morgan fingerprint density at radius 2 is 1.89 bits per heavy atom. The second kappa shape index (κ2) is 5.76. The van der Waals surface area contributed by atoms with E-state index in [0.29, 0.717) is 23.7 Å². The molecule has 1 heterocycles. The Kier molecular flexibility index (Phi) is 4.27. The van der Waals surface area contributed by atoms with Crippen molar-refractivity contribution in [2.75, 3.05) is 11.1 Å². The molecule has 0 amide bonds. The molecule has 1 aromatic heterocycles. The Bertz CT molecular complexity index is 436. The molecule has 1 unspecified atom stereocenters. The number of hydrogen-bond donors (Lipinski definition) is 2. The van der Waals surface area contributed by atoms with E-state index < -0.39 is 0 Å². The fourth-order valence-electron chi connectivity index (χ4n) is 2.55. The highest BCUT2D eigenvalue weighted by Crippen LogP contribution is 2.39. The molecule has 4 heteroatoms. The van der Waals surface area contributed by atoms with Gasteiger partial charge in [-0.3, -0.25) is 0 Å². The van der Waals surface area contributed by atoms with Crippen molar-refractivity contribution in [1.29, 1.82) is 0 Å². The first kappa shape index (κ1) is 14.1. The van der Waals surface area contributed by atoms with Gasteiger partial charge in [-0.05, 0) is 32.6 Å². The quantitative estimate of drug-likeness (QED) is 0.823. The summed E-state index contributed by atoms with van der Waals surface area (Å²) in [5.41, 5.74) is 6.99. The van der Waals surface area contributed by atoms with E-state index in [1.165, 1.54) is 25.7 Å². The number of anilines is 2. The van der Waals surface area contributed by atoms with Crippen LogP contribution in [0, 0.1) is 12.8 Å². The Balaban J connectivity index is 2.18. The summed E-state index contributed by atoms with van der Waals surface area (Å²) < 4.78 is 0. The number of nitrogens with zero attached hydrogens (tertiary/aromatic N) is 2. The summed E-state index contributed by atoms with van der Waals surface area (Å²) in [5, 5.41) is 3.54. The largest absolute Gasteiger partial charge is 0.383 e. The molecule has 1 saturated carbocycles. The van der Waals surface area contributed by atoms with Gasteiger partial charge in [0.2, 0.25) is 0 Å². The Hall–Kier alpha value is -1.32. The van der Waals surface area contributed by atoms with E-state index in [0.717, 1.165) is 17.2 Å². The van der Waals surface area contributed by atoms with Crippen LogP contribution in [0.2, 0.25) is 0 Å². The second-order valence-electron chi connectivity index (χ2n) is 5.72. The van der Waals surface area contributed by atoms with E-state index in [1.54, 1.807) is 0 Å². The number of hydrogen-bond acceptors (Lipinski definition) is 4. The van der Waals surface area contributed by atoms with Crippen molar-refractivity contribution in [3.63, 3.8) is 0 Å². The molecule has 3 N–H and O–H groups in total. The molecule has 19 heavy (non-hydrogen) atoms. The van der Waals surface area contributed by atoms with Gasteiger partial charge in [-0.1, -0.05) is 26.7 Å². The van der Waals surface area contributed by atoms with Gasteiger partial charge < -0.3 is 11.1 Å². The monoisotopic (exact) mass is 262 g/mol. The standard InChI is InChI=1S/C15H26N4/c1-5-11(6-2)10(4)17-14-9(3)13(16)18-15(19-14)12-7-8-12/h10-12H,5-8H2,1-4H3,(H3,16,17,18,19). The van der Waals surface area contributed by atoms with E-state index in [2.05, 4.69) is 36.1 Å². The number of rotatable bonds is 6. The molecule has 1 atom stereocenters. The Labute approximate surface area is 116 Å². The first-order chi connectivity index (χ1) is 9.06. The van der Waals surface area contributed by atoms with Crippen LogP contribution in [0.15, 0.2) is 0 Å². The van der Waals surface area contributed by atoms with Gasteiger partial charge >= 0.3 is 0 Å². The van der Waals surface area contributed by atoms with E-state index in [1.807, 2.05) is 6.92 Å². The van der Waals surface area contributed by atoms with Gasteiger partial charge in [-0.2, -0.15) is 0 Å². The number of aromatic nitrogens is 2. The average molecular weight is 262 g/mol. The summed E-state index contributed by atoms with van der Waals surface area (Å²) >= 11 is 0. The smallest absolute Gasteiger partial charge is 0.136 e. The van der Waals surface area contributed by atoms with Gasteiger partial charge in [-0.15, -0.1) is 0 Å². The van der Waals surface area contributed by atoms with Crippen LogP contribution < -0.4 is 11.1 Å². The maximum Gasteiger partial charge on any atom is 0.136 e. The van der Waals surface area contributed by atoms with E-state index >= 15 is 0 Å². The third kappa shape index (κ3) is 3.17. The normalized spacial score (nSPS) is 16.7. The van der Waals surface area contributed by atoms with Gasteiger partial charge in [0.1, 0.15) is 17.5 Å². The minimum Gasteiger partial charge on any atom is -0.383 e. The topological polar surface area (TPSA) is 63.8 Å². The zero-order valence-electron chi connectivity index (χ0n) is 12.5. The third-order valence-electron chi connectivity index (χ3n) is 4.26. The van der Waals surface area contributed by atoms with Crippen LogP contribution >= 0.6 is 0 Å². The molecule has 4 nitrogen and oxygen atoms in total. The molecular formula is C15H26N4. The van der Waals surface area contributed by atoms with Crippen molar-refractivity contribution in [3.05, 3.63) is 11.4 Å². The molecule has 0 spiro atoms. The van der Waals surface area contributed by atoms with Gasteiger partial charge in [0.15, 0.2) is 0 Å². The maximum atomic E-state index is 6.01. The highest BCUT2D eigenvalue weighted by atomic mass is 15.1. The summed E-state index contributed by atoms with van der Waals surface area (Å²) in [6, 6.07) is 0.412. The van der Waals surface area contributed by atoms with Gasteiger partial charge in [-0.25, -0.2) is 9.97 Å². The molecule has 0 aliphatic heterocycles. The summed E-state index contributed by atoms with van der Waals surface area (Å²) in [6.07, 6.45) is 4.76. The van der Waals surface area contributed by atoms with Crippen LogP contribution in [0.1, 0.15) is 63.8 Å². The Morgan fingerprint density at radius 1 is 1.26 bits per heavy atom. The van der Waals surface area contributed by atoms with Gasteiger partial charge in [0, 0.05) is 17.5 Å². The molecule has 0 bridgehead atoms. The minimum atomic E-state index is 0.412. The maximum absolute atomic E-state index is 6.01. The first-order valence-electron chi connectivity index (χ1n) is 7.47. The van der Waals surface area contributed by atoms with Crippen molar-refractivity contribution in [2.45, 2.75) is 65.3 Å². The second-order valence-corrected chi connectivity index (χ2v) is 5.72. The fraction of sp³-hybridized carbons (Fsp3) is 0.733. The predicted octanol–water partition coefficient (Wildman–Crippen LogP) is 3.48. The van der Waals surface area contributed by atoms with E-state index in [-0.39, 0.29) is 0 Å². The van der Waals surface area contributed by atoms with Crippen molar-refractivity contribution >= 4 is 11.6 Å². The number of nitrogens with one attached hydrogen (secondary N) is 1. The average Bonchev–Trinajstić information content (AvgIpc) is 3.20. The molecule has 1 aliphatic carbocycles. The van der Waals surface area contributed by atoms with Crippen LogP contribution in [0.5, 0.6) is 0 Å². The summed E-state index contributed by atoms with van der Waals surface area (Å²) in [5.74, 6) is 3.67. The van der Waals surface area contributed by atoms with Crippen LogP contribution in [-0.4, -0.2) is 16.0 Å². The zero-order valence-corrected chi connectivity index (χ0v) is 12.5. The highest BCUT2D eigenvalue weighted by Gasteiger charge is 2.28. The fourth-order valence-corrected chi connectivity index (χ4v) is 2.55.